The van der Waals surface area contributed by atoms with Crippen LogP contribution in [0.1, 0.15) is 4.88 Å². The summed E-state index contributed by atoms with van der Waals surface area (Å²) >= 11 is 1.51. The molecule has 102 valence electrons. The van der Waals surface area contributed by atoms with Crippen LogP contribution >= 0.6 is 11.3 Å². The molecule has 0 amide bonds. The van der Waals surface area contributed by atoms with E-state index in [0.29, 0.717) is 16.7 Å². The van der Waals surface area contributed by atoms with Gasteiger partial charge in [-0.25, -0.2) is 4.79 Å². The van der Waals surface area contributed by atoms with Gasteiger partial charge in [-0.2, -0.15) is 0 Å². The first-order valence-corrected chi connectivity index (χ1v) is 6.91. The minimum absolute atomic E-state index is 0.264. The van der Waals surface area contributed by atoms with Crippen molar-refractivity contribution >= 4 is 22.2 Å². The summed E-state index contributed by atoms with van der Waals surface area (Å²) in [5.74, 6) is 0.462. The fraction of sp³-hybridized carbons (Fsp3) is 0.143. The number of fused-ring (bicyclic) bond motifs is 1. The van der Waals surface area contributed by atoms with Crippen molar-refractivity contribution in [1.82, 2.24) is 9.55 Å². The van der Waals surface area contributed by atoms with Crippen LogP contribution in [-0.4, -0.2) is 16.7 Å². The highest BCUT2D eigenvalue weighted by Gasteiger charge is 2.12. The number of hydrogen-bond acceptors (Lipinski definition) is 4. The summed E-state index contributed by atoms with van der Waals surface area (Å²) in [4.78, 5) is 28.2. The number of thiophene rings is 1. The summed E-state index contributed by atoms with van der Waals surface area (Å²) < 4.78 is 6.40. The maximum absolute atomic E-state index is 12.5. The van der Waals surface area contributed by atoms with Gasteiger partial charge in [0.05, 0.1) is 19.2 Å². The molecule has 0 aliphatic rings. The summed E-state index contributed by atoms with van der Waals surface area (Å²) in [6, 6.07) is 8.91. The van der Waals surface area contributed by atoms with E-state index in [4.69, 9.17) is 4.74 Å². The van der Waals surface area contributed by atoms with E-state index in [2.05, 4.69) is 4.98 Å². The number of aromatic amines is 1. The zero-order chi connectivity index (χ0) is 14.1. The van der Waals surface area contributed by atoms with E-state index in [1.807, 2.05) is 17.5 Å². The Morgan fingerprint density at radius 2 is 2.10 bits per heavy atom. The van der Waals surface area contributed by atoms with E-state index in [-0.39, 0.29) is 12.1 Å². The highest BCUT2D eigenvalue weighted by Crippen LogP contribution is 2.19. The van der Waals surface area contributed by atoms with Gasteiger partial charge in [0.15, 0.2) is 0 Å². The predicted molar refractivity (Wildman–Crippen MR) is 78.8 cm³/mol. The van der Waals surface area contributed by atoms with Gasteiger partial charge in [-0.1, -0.05) is 12.1 Å². The first kappa shape index (κ1) is 12.7. The van der Waals surface area contributed by atoms with Crippen LogP contribution in [0.5, 0.6) is 5.75 Å². The third-order valence-electron chi connectivity index (χ3n) is 3.09. The van der Waals surface area contributed by atoms with Crippen LogP contribution in [-0.2, 0) is 6.54 Å². The van der Waals surface area contributed by atoms with Crippen molar-refractivity contribution in [3.8, 4) is 5.75 Å². The molecular formula is C14H12N2O3S. The Morgan fingerprint density at radius 3 is 2.80 bits per heavy atom. The molecule has 0 aliphatic carbocycles. The molecule has 20 heavy (non-hydrogen) atoms. The third kappa shape index (κ3) is 2.04. The number of aromatic nitrogens is 2. The van der Waals surface area contributed by atoms with Crippen LogP contribution in [0, 0.1) is 0 Å². The Morgan fingerprint density at radius 1 is 1.25 bits per heavy atom. The number of benzene rings is 1. The van der Waals surface area contributed by atoms with Gasteiger partial charge in [0, 0.05) is 4.88 Å². The van der Waals surface area contributed by atoms with Gasteiger partial charge in [0.1, 0.15) is 11.1 Å². The van der Waals surface area contributed by atoms with Crippen LogP contribution in [0.25, 0.3) is 10.9 Å². The number of methoxy groups -OCH3 is 1. The van der Waals surface area contributed by atoms with Crippen molar-refractivity contribution < 1.29 is 4.74 Å². The molecule has 3 rings (SSSR count). The molecule has 0 atom stereocenters. The highest BCUT2D eigenvalue weighted by atomic mass is 32.1. The lowest BCUT2D eigenvalue weighted by Crippen LogP contribution is -2.35. The molecule has 0 bridgehead atoms. The van der Waals surface area contributed by atoms with Crippen LogP contribution in [0.4, 0.5) is 0 Å². The molecule has 2 heterocycles. The number of rotatable bonds is 3. The molecule has 2 aromatic heterocycles. The van der Waals surface area contributed by atoms with E-state index < -0.39 is 5.69 Å². The first-order valence-electron chi connectivity index (χ1n) is 6.03. The second-order valence-corrected chi connectivity index (χ2v) is 5.32. The first-order chi connectivity index (χ1) is 9.70. The minimum Gasteiger partial charge on any atom is -0.496 e. The van der Waals surface area contributed by atoms with E-state index >= 15 is 0 Å². The van der Waals surface area contributed by atoms with E-state index in [1.54, 1.807) is 18.2 Å². The Bertz CT molecular complexity index is 862. The lowest BCUT2D eigenvalue weighted by molar-refractivity contribution is 0.419. The molecule has 0 spiro atoms. The van der Waals surface area contributed by atoms with E-state index in [0.717, 1.165) is 4.88 Å². The number of hydrogen-bond donors (Lipinski definition) is 1. The predicted octanol–water partition coefficient (Wildman–Crippen LogP) is 1.81. The average molecular weight is 288 g/mol. The van der Waals surface area contributed by atoms with Crippen LogP contribution in [0.3, 0.4) is 0 Å². The Balaban J connectivity index is 2.28. The molecule has 6 heteroatoms. The van der Waals surface area contributed by atoms with E-state index in [9.17, 15) is 9.59 Å². The maximum Gasteiger partial charge on any atom is 0.329 e. The zero-order valence-electron chi connectivity index (χ0n) is 10.8. The largest absolute Gasteiger partial charge is 0.496 e. The summed E-state index contributed by atoms with van der Waals surface area (Å²) in [7, 11) is 1.50. The fourth-order valence-corrected chi connectivity index (χ4v) is 2.83. The number of nitrogens with zero attached hydrogens (tertiary/aromatic N) is 1. The monoisotopic (exact) mass is 288 g/mol. The Labute approximate surface area is 118 Å². The van der Waals surface area contributed by atoms with Gasteiger partial charge < -0.3 is 9.72 Å². The van der Waals surface area contributed by atoms with E-state index in [1.165, 1.54) is 23.0 Å². The van der Waals surface area contributed by atoms with Crippen molar-refractivity contribution in [1.29, 1.82) is 0 Å². The molecule has 0 aliphatic heterocycles. The molecule has 0 saturated heterocycles. The van der Waals surface area contributed by atoms with Crippen molar-refractivity contribution in [2.75, 3.05) is 7.11 Å². The number of nitrogens with one attached hydrogen (secondary N) is 1. The number of H-pyrrole nitrogens is 1. The van der Waals surface area contributed by atoms with Crippen LogP contribution < -0.4 is 16.0 Å². The average Bonchev–Trinajstić information content (AvgIpc) is 2.95. The quantitative estimate of drug-likeness (QED) is 0.799. The molecular weight excluding hydrogens is 276 g/mol. The Kier molecular flexibility index (Phi) is 3.15. The van der Waals surface area contributed by atoms with Gasteiger partial charge in [-0.3, -0.25) is 9.36 Å². The molecule has 0 unspecified atom stereocenters. The molecule has 0 fully saturated rings. The lowest BCUT2D eigenvalue weighted by Gasteiger charge is -2.08. The molecule has 5 nitrogen and oxygen atoms in total. The topological polar surface area (TPSA) is 64.1 Å². The molecule has 0 radical (unpaired) electrons. The SMILES string of the molecule is COc1cccc2[nH]c(=O)n(Cc3cccs3)c(=O)c12. The van der Waals surface area contributed by atoms with Gasteiger partial charge >= 0.3 is 5.69 Å². The second kappa shape index (κ2) is 4.97. The van der Waals surface area contributed by atoms with Crippen LogP contribution in [0.15, 0.2) is 45.3 Å². The minimum atomic E-state index is -0.413. The van der Waals surface area contributed by atoms with Crippen molar-refractivity contribution in [2.45, 2.75) is 6.54 Å². The summed E-state index contributed by atoms with van der Waals surface area (Å²) in [5.41, 5.74) is -0.263. The fourth-order valence-electron chi connectivity index (χ4n) is 2.14. The van der Waals surface area contributed by atoms with Gasteiger partial charge in [-0.15, -0.1) is 11.3 Å². The van der Waals surface area contributed by atoms with Gasteiger partial charge in [0.25, 0.3) is 5.56 Å². The van der Waals surface area contributed by atoms with Gasteiger partial charge in [-0.05, 0) is 23.6 Å². The molecule has 1 aromatic carbocycles. The summed E-state index contributed by atoms with van der Waals surface area (Å²) in [6.07, 6.45) is 0. The zero-order valence-corrected chi connectivity index (χ0v) is 11.6. The highest BCUT2D eigenvalue weighted by molar-refractivity contribution is 7.09. The van der Waals surface area contributed by atoms with Crippen molar-refractivity contribution in [3.05, 3.63) is 61.4 Å². The lowest BCUT2D eigenvalue weighted by atomic mass is 10.2. The summed E-state index contributed by atoms with van der Waals surface area (Å²) in [6.45, 7) is 0.264. The normalized spacial score (nSPS) is 10.8. The molecule has 3 aromatic rings. The van der Waals surface area contributed by atoms with Crippen molar-refractivity contribution in [3.63, 3.8) is 0 Å². The second-order valence-electron chi connectivity index (χ2n) is 4.28. The maximum atomic E-state index is 12.5. The number of ether oxygens (including phenoxy) is 1. The summed E-state index contributed by atoms with van der Waals surface area (Å²) in [5, 5.41) is 2.31. The molecule has 0 saturated carbocycles. The standard InChI is InChI=1S/C14H12N2O3S/c1-19-11-6-2-5-10-12(11)13(17)16(14(18)15-10)8-9-4-3-7-20-9/h2-7H,8H2,1H3,(H,15,18). The van der Waals surface area contributed by atoms with Gasteiger partial charge in [0.2, 0.25) is 0 Å². The Hall–Kier alpha value is -2.34. The van der Waals surface area contributed by atoms with Crippen LogP contribution in [0.2, 0.25) is 0 Å². The third-order valence-corrected chi connectivity index (χ3v) is 3.95. The molecule has 1 N–H and O–H groups in total. The van der Waals surface area contributed by atoms with Crippen molar-refractivity contribution in [2.24, 2.45) is 0 Å². The smallest absolute Gasteiger partial charge is 0.329 e.